The summed E-state index contributed by atoms with van der Waals surface area (Å²) in [6.45, 7) is 1.89. The molecular formula is C30H20Br2N4O7S2. The number of aldehydes is 1. The fraction of sp³-hybridized carbons (Fsp3) is 0.0333. The van der Waals surface area contributed by atoms with Crippen LogP contribution in [0.2, 0.25) is 0 Å². The van der Waals surface area contributed by atoms with E-state index in [0.717, 1.165) is 31.3 Å². The third-order valence-electron chi connectivity index (χ3n) is 5.79. The third kappa shape index (κ3) is 8.98. The molecule has 0 aliphatic rings. The van der Waals surface area contributed by atoms with Gasteiger partial charge in [-0.1, -0.05) is 12.1 Å². The van der Waals surface area contributed by atoms with E-state index in [4.69, 9.17) is 5.11 Å². The van der Waals surface area contributed by atoms with Crippen LogP contribution in [0.15, 0.2) is 81.7 Å². The molecule has 2 heterocycles. The highest BCUT2D eigenvalue weighted by Gasteiger charge is 2.10. The Balaban J connectivity index is 0.000000170. The number of aromatic nitrogens is 2. The number of benzene rings is 4. The molecule has 0 aliphatic carbocycles. The first-order valence-corrected chi connectivity index (χ1v) is 15.8. The molecule has 0 bridgehead atoms. The molecule has 15 heteroatoms. The van der Waals surface area contributed by atoms with Crippen LogP contribution in [0.1, 0.15) is 25.9 Å². The molecule has 0 fully saturated rings. The molecular weight excluding hydrogens is 752 g/mol. The van der Waals surface area contributed by atoms with Gasteiger partial charge in [-0.3, -0.25) is 25.0 Å². The zero-order valence-corrected chi connectivity index (χ0v) is 27.8. The van der Waals surface area contributed by atoms with Gasteiger partial charge in [-0.25, -0.2) is 9.97 Å². The summed E-state index contributed by atoms with van der Waals surface area (Å²) in [6.07, 6.45) is 4.44. The largest absolute Gasteiger partial charge is 0.507 e. The topological polar surface area (TPSA) is 170 Å². The molecule has 0 saturated heterocycles. The Bertz CT molecular complexity index is 2080. The molecule has 2 N–H and O–H groups in total. The fourth-order valence-electron chi connectivity index (χ4n) is 3.65. The fourth-order valence-corrected chi connectivity index (χ4v) is 6.10. The van der Waals surface area contributed by atoms with Gasteiger partial charge in [-0.15, -0.1) is 22.7 Å². The Morgan fingerprint density at radius 3 is 1.76 bits per heavy atom. The molecule has 0 radical (unpaired) electrons. The second-order valence-corrected chi connectivity index (χ2v) is 13.0. The highest BCUT2D eigenvalue weighted by Crippen LogP contribution is 2.29. The Morgan fingerprint density at radius 1 is 0.711 bits per heavy atom. The number of carbonyl (C=O) groups excluding carboxylic acids is 1. The van der Waals surface area contributed by atoms with Gasteiger partial charge in [-0.2, -0.15) is 0 Å². The number of hydrogen-bond acceptors (Lipinski definition) is 11. The SMILES string of the molecule is Cc1nc2cc([N+](=O)[O-])ccc2s1.O=Cc1ccc(O)c(Br)c1.O=[N+]([O-])c1ccc2sc(/C=C/c3ccc(O)c(Br)c3)nc2c1. The molecule has 11 nitrogen and oxygen atoms in total. The van der Waals surface area contributed by atoms with Crippen molar-refractivity contribution in [3.05, 3.63) is 123 Å². The molecule has 0 saturated carbocycles. The van der Waals surface area contributed by atoms with E-state index >= 15 is 0 Å². The summed E-state index contributed by atoms with van der Waals surface area (Å²) in [4.78, 5) is 39.1. The average molecular weight is 772 g/mol. The van der Waals surface area contributed by atoms with Crippen LogP contribution < -0.4 is 0 Å². The Labute approximate surface area is 279 Å². The normalized spacial score (nSPS) is 10.6. The van der Waals surface area contributed by atoms with Gasteiger partial charge in [0.1, 0.15) is 22.8 Å². The van der Waals surface area contributed by atoms with Crippen molar-refractivity contribution in [3.8, 4) is 11.5 Å². The molecule has 0 aliphatic heterocycles. The quantitative estimate of drug-likeness (QED) is 0.0985. The predicted molar refractivity (Wildman–Crippen MR) is 183 cm³/mol. The van der Waals surface area contributed by atoms with Gasteiger partial charge in [0, 0.05) is 29.8 Å². The van der Waals surface area contributed by atoms with Crippen molar-refractivity contribution in [2.45, 2.75) is 6.92 Å². The molecule has 0 amide bonds. The lowest BCUT2D eigenvalue weighted by molar-refractivity contribution is -0.384. The summed E-state index contributed by atoms with van der Waals surface area (Å²) < 4.78 is 3.05. The number of phenols is 2. The molecule has 2 aromatic heterocycles. The van der Waals surface area contributed by atoms with Crippen molar-refractivity contribution in [1.29, 1.82) is 0 Å². The summed E-state index contributed by atoms with van der Waals surface area (Å²) in [7, 11) is 0. The number of rotatable bonds is 5. The first kappa shape index (κ1) is 33.3. The molecule has 6 rings (SSSR count). The highest BCUT2D eigenvalue weighted by molar-refractivity contribution is 9.10. The van der Waals surface area contributed by atoms with Gasteiger partial charge in [0.25, 0.3) is 11.4 Å². The van der Waals surface area contributed by atoms with Gasteiger partial charge in [0.15, 0.2) is 0 Å². The van der Waals surface area contributed by atoms with E-state index in [-0.39, 0.29) is 22.9 Å². The smallest absolute Gasteiger partial charge is 0.271 e. The lowest BCUT2D eigenvalue weighted by Crippen LogP contribution is -1.86. The number of nitrogens with zero attached hydrogens (tertiary/aromatic N) is 4. The first-order chi connectivity index (χ1) is 21.4. The number of thiazole rings is 2. The number of fused-ring (bicyclic) bond motifs is 2. The van der Waals surface area contributed by atoms with E-state index < -0.39 is 9.85 Å². The van der Waals surface area contributed by atoms with Crippen molar-refractivity contribution in [1.82, 2.24) is 9.97 Å². The number of hydrogen-bond donors (Lipinski definition) is 2. The number of halogens is 2. The van der Waals surface area contributed by atoms with Gasteiger partial charge in [0.05, 0.1) is 44.2 Å². The van der Waals surface area contributed by atoms with Gasteiger partial charge in [0.2, 0.25) is 0 Å². The van der Waals surface area contributed by atoms with Crippen molar-refractivity contribution >= 4 is 105 Å². The Kier molecular flexibility index (Phi) is 11.1. The number of phenolic OH excluding ortho intramolecular Hbond substituents is 2. The predicted octanol–water partition coefficient (Wildman–Crippen LogP) is 9.32. The number of non-ortho nitro benzene ring substituents is 2. The zero-order chi connectivity index (χ0) is 32.7. The zero-order valence-electron chi connectivity index (χ0n) is 23.0. The average Bonchev–Trinajstić information content (AvgIpc) is 3.60. The lowest BCUT2D eigenvalue weighted by atomic mass is 10.2. The van der Waals surface area contributed by atoms with Crippen LogP contribution in [0.25, 0.3) is 32.6 Å². The lowest BCUT2D eigenvalue weighted by Gasteiger charge is -1.97. The molecule has 0 atom stereocenters. The van der Waals surface area contributed by atoms with Gasteiger partial charge >= 0.3 is 0 Å². The second kappa shape index (κ2) is 14.9. The van der Waals surface area contributed by atoms with Crippen molar-refractivity contribution < 1.29 is 24.9 Å². The number of nitro benzene ring substituents is 2. The van der Waals surface area contributed by atoms with Crippen LogP contribution in [0.5, 0.6) is 11.5 Å². The molecule has 6 aromatic rings. The summed E-state index contributed by atoms with van der Waals surface area (Å²) in [5.74, 6) is 0.329. The van der Waals surface area contributed by atoms with E-state index in [9.17, 15) is 30.1 Å². The maximum absolute atomic E-state index is 10.8. The monoisotopic (exact) mass is 770 g/mol. The summed E-state index contributed by atoms with van der Waals surface area (Å²) in [5.41, 5.74) is 2.91. The van der Waals surface area contributed by atoms with Crippen LogP contribution in [-0.4, -0.2) is 36.3 Å². The molecule has 228 valence electrons. The molecule has 0 unspecified atom stereocenters. The Morgan fingerprint density at radius 2 is 1.22 bits per heavy atom. The van der Waals surface area contributed by atoms with Crippen LogP contribution in [0.3, 0.4) is 0 Å². The van der Waals surface area contributed by atoms with E-state index in [2.05, 4.69) is 41.8 Å². The van der Waals surface area contributed by atoms with Gasteiger partial charge < -0.3 is 10.2 Å². The van der Waals surface area contributed by atoms with Crippen LogP contribution in [0.4, 0.5) is 11.4 Å². The summed E-state index contributed by atoms with van der Waals surface area (Å²) in [6, 6.07) is 19.1. The Hall–Kier alpha value is -4.57. The van der Waals surface area contributed by atoms with Crippen LogP contribution in [0, 0.1) is 27.2 Å². The van der Waals surface area contributed by atoms with Crippen molar-refractivity contribution in [2.75, 3.05) is 0 Å². The van der Waals surface area contributed by atoms with Crippen LogP contribution in [-0.2, 0) is 0 Å². The number of nitro groups is 2. The number of aromatic hydroxyl groups is 2. The maximum Gasteiger partial charge on any atom is 0.271 e. The number of aryl methyl sites for hydroxylation is 1. The maximum atomic E-state index is 10.8. The minimum Gasteiger partial charge on any atom is -0.507 e. The van der Waals surface area contributed by atoms with Crippen molar-refractivity contribution in [2.24, 2.45) is 0 Å². The summed E-state index contributed by atoms with van der Waals surface area (Å²) in [5, 5.41) is 41.3. The minimum atomic E-state index is -0.428. The van der Waals surface area contributed by atoms with E-state index in [1.807, 2.05) is 19.1 Å². The highest BCUT2D eigenvalue weighted by atomic mass is 79.9. The van der Waals surface area contributed by atoms with E-state index in [1.165, 1.54) is 53.0 Å². The second-order valence-electron chi connectivity index (χ2n) is 8.98. The number of carbonyl (C=O) groups is 1. The molecule has 4 aromatic carbocycles. The van der Waals surface area contributed by atoms with E-state index in [0.29, 0.717) is 25.5 Å². The van der Waals surface area contributed by atoms with Gasteiger partial charge in [-0.05, 0) is 92.9 Å². The minimum absolute atomic E-state index is 0.0378. The standard InChI is InChI=1S/C15H9BrN2O3S.C8H6N2O2S.C7H5BrO2/c16-11-7-9(1-4-13(11)19)2-6-15-17-12-8-10(18(20)21)3-5-14(12)22-15;1-5-9-7-4-6(10(11)12)2-3-8(7)13-5;8-6-3-5(4-9)1-2-7(6)10/h1-8,19H;2-4H,1H3;1-4,10H/b6-2+;;. The van der Waals surface area contributed by atoms with Crippen LogP contribution >= 0.6 is 54.5 Å². The summed E-state index contributed by atoms with van der Waals surface area (Å²) >= 11 is 9.34. The third-order valence-corrected chi connectivity index (χ3v) is 9.01. The molecule has 0 spiro atoms. The first-order valence-electron chi connectivity index (χ1n) is 12.6. The van der Waals surface area contributed by atoms with E-state index in [1.54, 1.807) is 42.5 Å². The molecule has 45 heavy (non-hydrogen) atoms. The van der Waals surface area contributed by atoms with Crippen molar-refractivity contribution in [3.63, 3.8) is 0 Å².